The average molecular weight is 352 g/mol. The highest BCUT2D eigenvalue weighted by molar-refractivity contribution is 5.81. The summed E-state index contributed by atoms with van der Waals surface area (Å²) in [7, 11) is 0. The lowest BCUT2D eigenvalue weighted by atomic mass is 10.2. The van der Waals surface area contributed by atoms with Crippen LogP contribution in [-0.2, 0) is 28.7 Å². The molecule has 0 aromatic heterocycles. The SMILES string of the molecule is CC(C)OC(=O)C(O)CC(=O)O.CC(C)OC(=O)CC(O)C(=O)O. The van der Waals surface area contributed by atoms with Gasteiger partial charge in [0.25, 0.3) is 0 Å². The van der Waals surface area contributed by atoms with Crippen LogP contribution < -0.4 is 0 Å². The summed E-state index contributed by atoms with van der Waals surface area (Å²) in [5.41, 5.74) is 0. The van der Waals surface area contributed by atoms with Crippen molar-refractivity contribution in [3.05, 3.63) is 0 Å². The number of rotatable bonds is 8. The van der Waals surface area contributed by atoms with Crippen molar-refractivity contribution < 1.29 is 49.1 Å². The van der Waals surface area contributed by atoms with Crippen LogP contribution in [0.3, 0.4) is 0 Å². The Kier molecular flexibility index (Phi) is 12.3. The van der Waals surface area contributed by atoms with Crippen LogP contribution in [0, 0.1) is 0 Å². The third-order valence-corrected chi connectivity index (χ3v) is 2.00. The van der Waals surface area contributed by atoms with E-state index < -0.39 is 48.9 Å². The Morgan fingerprint density at radius 2 is 1.25 bits per heavy atom. The van der Waals surface area contributed by atoms with Crippen molar-refractivity contribution in [2.45, 2.75) is 65.0 Å². The molecule has 10 heteroatoms. The normalized spacial score (nSPS) is 12.7. The molecule has 4 N–H and O–H groups in total. The van der Waals surface area contributed by atoms with E-state index in [-0.39, 0.29) is 12.2 Å². The molecule has 140 valence electrons. The molecule has 0 aromatic rings. The van der Waals surface area contributed by atoms with Gasteiger partial charge >= 0.3 is 23.9 Å². The van der Waals surface area contributed by atoms with Gasteiger partial charge in [0.2, 0.25) is 0 Å². The molecule has 0 fully saturated rings. The van der Waals surface area contributed by atoms with Gasteiger partial charge in [0.1, 0.15) is 0 Å². The average Bonchev–Trinajstić information content (AvgIpc) is 2.36. The Labute approximate surface area is 139 Å². The number of carboxylic acid groups (broad SMARTS) is 2. The first kappa shape index (κ1) is 24.1. The van der Waals surface area contributed by atoms with Crippen molar-refractivity contribution >= 4 is 23.9 Å². The van der Waals surface area contributed by atoms with Crippen molar-refractivity contribution in [1.29, 1.82) is 0 Å². The quantitative estimate of drug-likeness (QED) is 0.420. The first-order chi connectivity index (χ1) is 10.9. The summed E-state index contributed by atoms with van der Waals surface area (Å²) in [6, 6.07) is 0. The molecule has 10 nitrogen and oxygen atoms in total. The van der Waals surface area contributed by atoms with Crippen LogP contribution in [0.25, 0.3) is 0 Å². The van der Waals surface area contributed by atoms with Gasteiger partial charge in [0, 0.05) is 0 Å². The van der Waals surface area contributed by atoms with Crippen LogP contribution in [0.1, 0.15) is 40.5 Å². The highest BCUT2D eigenvalue weighted by atomic mass is 16.6. The van der Waals surface area contributed by atoms with E-state index in [1.54, 1.807) is 27.7 Å². The number of hydrogen-bond acceptors (Lipinski definition) is 8. The fraction of sp³-hybridized carbons (Fsp3) is 0.714. The summed E-state index contributed by atoms with van der Waals surface area (Å²) in [6.07, 6.45) is -5.00. The van der Waals surface area contributed by atoms with Gasteiger partial charge in [-0.2, -0.15) is 0 Å². The number of carbonyl (C=O) groups excluding carboxylic acids is 2. The number of aliphatic hydroxyl groups is 2. The van der Waals surface area contributed by atoms with Gasteiger partial charge in [-0.1, -0.05) is 0 Å². The van der Waals surface area contributed by atoms with Crippen LogP contribution in [-0.4, -0.2) is 68.7 Å². The molecule has 0 saturated carbocycles. The minimum atomic E-state index is -1.67. The summed E-state index contributed by atoms with van der Waals surface area (Å²) in [6.45, 7) is 6.52. The highest BCUT2D eigenvalue weighted by Crippen LogP contribution is 1.99. The summed E-state index contributed by atoms with van der Waals surface area (Å²) < 4.78 is 9.17. The summed E-state index contributed by atoms with van der Waals surface area (Å²) in [4.78, 5) is 41.6. The van der Waals surface area contributed by atoms with Crippen molar-refractivity contribution in [1.82, 2.24) is 0 Å². The van der Waals surface area contributed by atoms with E-state index in [0.29, 0.717) is 0 Å². The molecule has 0 amide bonds. The molecule has 24 heavy (non-hydrogen) atoms. The van der Waals surface area contributed by atoms with Crippen molar-refractivity contribution in [2.75, 3.05) is 0 Å². The van der Waals surface area contributed by atoms with Gasteiger partial charge in [0.15, 0.2) is 12.2 Å². The monoisotopic (exact) mass is 352 g/mol. The van der Waals surface area contributed by atoms with Gasteiger partial charge in [0.05, 0.1) is 25.0 Å². The molecule has 0 saturated heterocycles. The van der Waals surface area contributed by atoms with Gasteiger partial charge in [-0.25, -0.2) is 9.59 Å². The largest absolute Gasteiger partial charge is 0.481 e. The Morgan fingerprint density at radius 3 is 1.58 bits per heavy atom. The predicted octanol–water partition coefficient (Wildman–Crippen LogP) is -0.453. The molecule has 0 bridgehead atoms. The van der Waals surface area contributed by atoms with E-state index in [2.05, 4.69) is 9.47 Å². The minimum absolute atomic E-state index is 0.293. The van der Waals surface area contributed by atoms with Gasteiger partial charge < -0.3 is 29.9 Å². The molecular weight excluding hydrogens is 328 g/mol. The lowest BCUT2D eigenvalue weighted by Gasteiger charge is -2.10. The fourth-order valence-electron chi connectivity index (χ4n) is 1.12. The van der Waals surface area contributed by atoms with Crippen LogP contribution >= 0.6 is 0 Å². The zero-order valence-corrected chi connectivity index (χ0v) is 14.0. The number of carboxylic acids is 2. The molecule has 2 atom stereocenters. The Balaban J connectivity index is 0. The lowest BCUT2D eigenvalue weighted by Crippen LogP contribution is -2.27. The summed E-state index contributed by atoms with van der Waals surface area (Å²) in [5, 5.41) is 34.0. The molecule has 0 spiro atoms. The molecule has 0 heterocycles. The van der Waals surface area contributed by atoms with Crippen molar-refractivity contribution in [3.8, 4) is 0 Å². The molecule has 0 aliphatic heterocycles. The minimum Gasteiger partial charge on any atom is -0.481 e. The van der Waals surface area contributed by atoms with Crippen LogP contribution in [0.2, 0.25) is 0 Å². The summed E-state index contributed by atoms with van der Waals surface area (Å²) >= 11 is 0. The van der Waals surface area contributed by atoms with E-state index in [0.717, 1.165) is 0 Å². The Morgan fingerprint density at radius 1 is 0.792 bits per heavy atom. The maximum absolute atomic E-state index is 10.8. The Hall–Kier alpha value is -2.20. The molecule has 2 unspecified atom stereocenters. The number of ether oxygens (including phenoxy) is 2. The standard InChI is InChI=1S/2C7H12O5/c1-4(2)12-6(9)3-5(8)7(10)11;1-4(2)12-7(11)5(8)3-6(9)10/h4-5,8H,3H2,1-2H3,(H,10,11);4-5,8H,3H2,1-2H3,(H,9,10). The van der Waals surface area contributed by atoms with E-state index in [1.807, 2.05) is 0 Å². The molecule has 0 radical (unpaired) electrons. The number of esters is 2. The second-order valence-corrected chi connectivity index (χ2v) is 5.20. The second kappa shape index (κ2) is 12.3. The van der Waals surface area contributed by atoms with Gasteiger partial charge in [-0.3, -0.25) is 9.59 Å². The smallest absolute Gasteiger partial charge is 0.335 e. The third kappa shape index (κ3) is 14.7. The first-order valence-electron chi connectivity index (χ1n) is 7.07. The topological polar surface area (TPSA) is 168 Å². The number of aliphatic carboxylic acids is 2. The second-order valence-electron chi connectivity index (χ2n) is 5.20. The highest BCUT2D eigenvalue weighted by Gasteiger charge is 2.20. The Bertz CT molecular complexity index is 429. The molecule has 0 rings (SSSR count). The third-order valence-electron chi connectivity index (χ3n) is 2.00. The number of hydrogen-bond donors (Lipinski definition) is 4. The van der Waals surface area contributed by atoms with E-state index in [1.165, 1.54) is 0 Å². The van der Waals surface area contributed by atoms with Gasteiger partial charge in [-0.05, 0) is 27.7 Å². The van der Waals surface area contributed by atoms with Crippen LogP contribution in [0.15, 0.2) is 0 Å². The van der Waals surface area contributed by atoms with E-state index >= 15 is 0 Å². The first-order valence-corrected chi connectivity index (χ1v) is 7.07. The van der Waals surface area contributed by atoms with Gasteiger partial charge in [-0.15, -0.1) is 0 Å². The van der Waals surface area contributed by atoms with E-state index in [9.17, 15) is 19.2 Å². The predicted molar refractivity (Wildman–Crippen MR) is 79.0 cm³/mol. The lowest BCUT2D eigenvalue weighted by molar-refractivity contribution is -0.161. The van der Waals surface area contributed by atoms with Crippen LogP contribution in [0.5, 0.6) is 0 Å². The molecule has 0 aliphatic carbocycles. The van der Waals surface area contributed by atoms with E-state index in [4.69, 9.17) is 20.4 Å². The maximum atomic E-state index is 10.8. The van der Waals surface area contributed by atoms with Crippen molar-refractivity contribution in [3.63, 3.8) is 0 Å². The number of carbonyl (C=O) groups is 4. The number of aliphatic hydroxyl groups excluding tert-OH is 2. The van der Waals surface area contributed by atoms with Crippen molar-refractivity contribution in [2.24, 2.45) is 0 Å². The zero-order chi connectivity index (χ0) is 19.4. The summed E-state index contributed by atoms with van der Waals surface area (Å²) in [5.74, 6) is -4.26. The molecule has 0 aromatic carbocycles. The maximum Gasteiger partial charge on any atom is 0.335 e. The zero-order valence-electron chi connectivity index (χ0n) is 14.0. The molecular formula is C14H24O10. The fourth-order valence-corrected chi connectivity index (χ4v) is 1.12. The van der Waals surface area contributed by atoms with Crippen LogP contribution in [0.4, 0.5) is 0 Å². The molecule has 0 aliphatic rings.